The Balaban J connectivity index is 1.77. The summed E-state index contributed by atoms with van der Waals surface area (Å²) in [4.78, 5) is 13.3. The van der Waals surface area contributed by atoms with E-state index in [4.69, 9.17) is 4.74 Å². The molecule has 0 aromatic carbocycles. The molecule has 0 aromatic rings. The molecule has 1 heterocycles. The lowest BCUT2D eigenvalue weighted by Crippen LogP contribution is -2.29. The van der Waals surface area contributed by atoms with Gasteiger partial charge in [-0.1, -0.05) is 76.9 Å². The number of ether oxygens (including phenoxy) is 1. The Labute approximate surface area is 124 Å². The maximum atomic E-state index is 11.6. The van der Waals surface area contributed by atoms with Gasteiger partial charge in [-0.05, 0) is 6.42 Å². The smallest absolute Gasteiger partial charge is 0.410 e. The standard InChI is InChI=1S/C17H31NO2/c1-2-3-4-5-6-7-8-9-10-13-16-20-17(19)18-14-11-12-15-18/h11-12H,2-10,13-16H2,1H3. The van der Waals surface area contributed by atoms with Crippen LogP contribution in [-0.2, 0) is 4.74 Å². The molecular formula is C17H31NO2. The number of unbranched alkanes of at least 4 members (excludes halogenated alkanes) is 9. The molecule has 116 valence electrons. The third kappa shape index (κ3) is 8.23. The highest BCUT2D eigenvalue weighted by atomic mass is 16.6. The van der Waals surface area contributed by atoms with Crippen LogP contribution >= 0.6 is 0 Å². The van der Waals surface area contributed by atoms with Gasteiger partial charge in [0.2, 0.25) is 0 Å². The topological polar surface area (TPSA) is 29.5 Å². The van der Waals surface area contributed by atoms with Gasteiger partial charge in [0, 0.05) is 13.1 Å². The second-order valence-corrected chi connectivity index (χ2v) is 5.67. The Morgan fingerprint density at radius 1 is 0.900 bits per heavy atom. The summed E-state index contributed by atoms with van der Waals surface area (Å²) in [6.45, 7) is 4.24. The first-order chi connectivity index (χ1) is 9.84. The molecule has 0 saturated carbocycles. The van der Waals surface area contributed by atoms with Gasteiger partial charge in [0.25, 0.3) is 0 Å². The third-order valence-electron chi connectivity index (χ3n) is 3.80. The van der Waals surface area contributed by atoms with Crippen molar-refractivity contribution in [1.29, 1.82) is 0 Å². The van der Waals surface area contributed by atoms with Crippen molar-refractivity contribution in [2.24, 2.45) is 0 Å². The Bertz CT molecular complexity index is 268. The van der Waals surface area contributed by atoms with Crippen LogP contribution in [0.15, 0.2) is 12.2 Å². The van der Waals surface area contributed by atoms with Crippen LogP contribution in [0.5, 0.6) is 0 Å². The largest absolute Gasteiger partial charge is 0.449 e. The zero-order chi connectivity index (χ0) is 14.5. The molecule has 0 bridgehead atoms. The summed E-state index contributed by atoms with van der Waals surface area (Å²) in [5, 5.41) is 0. The first-order valence-electron chi connectivity index (χ1n) is 8.41. The zero-order valence-corrected chi connectivity index (χ0v) is 13.1. The van der Waals surface area contributed by atoms with E-state index in [0.29, 0.717) is 19.7 Å². The number of carbonyl (C=O) groups excluding carboxylic acids is 1. The lowest BCUT2D eigenvalue weighted by molar-refractivity contribution is 0.110. The van der Waals surface area contributed by atoms with Crippen molar-refractivity contribution in [1.82, 2.24) is 4.90 Å². The molecule has 1 aliphatic heterocycles. The summed E-state index contributed by atoms with van der Waals surface area (Å²) in [5.41, 5.74) is 0. The predicted octanol–water partition coefficient (Wildman–Crippen LogP) is 4.92. The highest BCUT2D eigenvalue weighted by Gasteiger charge is 2.14. The van der Waals surface area contributed by atoms with Crippen molar-refractivity contribution in [3.05, 3.63) is 12.2 Å². The van der Waals surface area contributed by atoms with E-state index < -0.39 is 0 Å². The lowest BCUT2D eigenvalue weighted by Gasteiger charge is -2.14. The summed E-state index contributed by atoms with van der Waals surface area (Å²) < 4.78 is 5.24. The van der Waals surface area contributed by atoms with Gasteiger partial charge in [-0.3, -0.25) is 0 Å². The van der Waals surface area contributed by atoms with Crippen molar-refractivity contribution in [3.8, 4) is 0 Å². The fourth-order valence-electron chi connectivity index (χ4n) is 2.47. The molecule has 20 heavy (non-hydrogen) atoms. The van der Waals surface area contributed by atoms with E-state index in [0.717, 1.165) is 6.42 Å². The van der Waals surface area contributed by atoms with E-state index in [-0.39, 0.29) is 6.09 Å². The molecule has 1 aliphatic rings. The minimum absolute atomic E-state index is 0.161. The predicted molar refractivity (Wildman–Crippen MR) is 83.9 cm³/mol. The number of rotatable bonds is 11. The molecule has 3 nitrogen and oxygen atoms in total. The molecule has 1 amide bonds. The van der Waals surface area contributed by atoms with Crippen LogP contribution < -0.4 is 0 Å². The van der Waals surface area contributed by atoms with Crippen molar-refractivity contribution in [2.75, 3.05) is 19.7 Å². The van der Waals surface area contributed by atoms with Crippen LogP contribution in [0.3, 0.4) is 0 Å². The SMILES string of the molecule is CCCCCCCCCCCCOC(=O)N1CC=CC1. The molecule has 3 heteroatoms. The lowest BCUT2D eigenvalue weighted by atomic mass is 10.1. The van der Waals surface area contributed by atoms with E-state index in [1.165, 1.54) is 57.8 Å². The Hall–Kier alpha value is -0.990. The van der Waals surface area contributed by atoms with Crippen LogP contribution in [0.2, 0.25) is 0 Å². The average molecular weight is 281 g/mol. The Kier molecular flexibility index (Phi) is 10.1. The Morgan fingerprint density at radius 3 is 1.95 bits per heavy atom. The molecule has 0 N–H and O–H groups in total. The molecule has 1 rings (SSSR count). The van der Waals surface area contributed by atoms with Gasteiger partial charge in [0.05, 0.1) is 6.61 Å². The van der Waals surface area contributed by atoms with E-state index in [9.17, 15) is 4.79 Å². The van der Waals surface area contributed by atoms with Gasteiger partial charge in [-0.15, -0.1) is 0 Å². The second kappa shape index (κ2) is 11.8. The van der Waals surface area contributed by atoms with E-state index in [1.54, 1.807) is 4.90 Å². The quantitative estimate of drug-likeness (QED) is 0.397. The van der Waals surface area contributed by atoms with Crippen LogP contribution in [0.4, 0.5) is 4.79 Å². The average Bonchev–Trinajstić information content (AvgIpc) is 2.99. The van der Waals surface area contributed by atoms with E-state index >= 15 is 0 Å². The van der Waals surface area contributed by atoms with Crippen LogP contribution in [0.25, 0.3) is 0 Å². The van der Waals surface area contributed by atoms with Crippen molar-refractivity contribution < 1.29 is 9.53 Å². The number of amides is 1. The summed E-state index contributed by atoms with van der Waals surface area (Å²) >= 11 is 0. The Morgan fingerprint density at radius 2 is 1.40 bits per heavy atom. The van der Waals surface area contributed by atoms with Gasteiger partial charge in [-0.2, -0.15) is 0 Å². The fraction of sp³-hybridized carbons (Fsp3) is 0.824. The maximum Gasteiger partial charge on any atom is 0.410 e. The first kappa shape index (κ1) is 17.1. The van der Waals surface area contributed by atoms with Crippen LogP contribution in [0, 0.1) is 0 Å². The minimum atomic E-state index is -0.161. The monoisotopic (exact) mass is 281 g/mol. The highest BCUT2D eigenvalue weighted by Crippen LogP contribution is 2.10. The van der Waals surface area contributed by atoms with Crippen molar-refractivity contribution in [2.45, 2.75) is 71.1 Å². The summed E-state index contributed by atoms with van der Waals surface area (Å²) in [5.74, 6) is 0. The van der Waals surface area contributed by atoms with Gasteiger partial charge in [0.15, 0.2) is 0 Å². The summed E-state index contributed by atoms with van der Waals surface area (Å²) in [6, 6.07) is 0. The van der Waals surface area contributed by atoms with Crippen LogP contribution in [-0.4, -0.2) is 30.7 Å². The van der Waals surface area contributed by atoms with Gasteiger partial charge >= 0.3 is 6.09 Å². The highest BCUT2D eigenvalue weighted by molar-refractivity contribution is 5.68. The molecule has 0 aromatic heterocycles. The molecule has 0 spiro atoms. The van der Waals surface area contributed by atoms with E-state index in [2.05, 4.69) is 6.92 Å². The number of hydrogen-bond acceptors (Lipinski definition) is 2. The minimum Gasteiger partial charge on any atom is -0.449 e. The molecule has 0 fully saturated rings. The normalized spacial score (nSPS) is 13.9. The second-order valence-electron chi connectivity index (χ2n) is 5.67. The number of carbonyl (C=O) groups is 1. The molecule has 0 saturated heterocycles. The van der Waals surface area contributed by atoms with Gasteiger partial charge in [-0.25, -0.2) is 4.79 Å². The summed E-state index contributed by atoms with van der Waals surface area (Å²) in [7, 11) is 0. The molecule has 0 radical (unpaired) electrons. The first-order valence-corrected chi connectivity index (χ1v) is 8.41. The molecule has 0 unspecified atom stereocenters. The molecular weight excluding hydrogens is 250 g/mol. The molecule has 0 atom stereocenters. The van der Waals surface area contributed by atoms with Crippen molar-refractivity contribution >= 4 is 6.09 Å². The zero-order valence-electron chi connectivity index (χ0n) is 13.1. The molecule has 0 aliphatic carbocycles. The third-order valence-corrected chi connectivity index (χ3v) is 3.80. The van der Waals surface area contributed by atoms with Gasteiger partial charge in [0.1, 0.15) is 0 Å². The fourth-order valence-corrected chi connectivity index (χ4v) is 2.47. The number of nitrogens with zero attached hydrogens (tertiary/aromatic N) is 1. The van der Waals surface area contributed by atoms with Gasteiger partial charge < -0.3 is 9.64 Å². The van der Waals surface area contributed by atoms with Crippen LogP contribution in [0.1, 0.15) is 71.1 Å². The summed E-state index contributed by atoms with van der Waals surface area (Å²) in [6.07, 6.45) is 16.9. The number of hydrogen-bond donors (Lipinski definition) is 0. The van der Waals surface area contributed by atoms with E-state index in [1.807, 2.05) is 12.2 Å². The maximum absolute atomic E-state index is 11.6. The van der Waals surface area contributed by atoms with Crippen molar-refractivity contribution in [3.63, 3.8) is 0 Å².